The van der Waals surface area contributed by atoms with E-state index in [1.807, 2.05) is 40.7 Å². The molecule has 5 rings (SSSR count). The van der Waals surface area contributed by atoms with Gasteiger partial charge in [0.1, 0.15) is 5.75 Å². The molecule has 0 saturated heterocycles. The Hall–Kier alpha value is -3.36. The summed E-state index contributed by atoms with van der Waals surface area (Å²) in [6, 6.07) is 11.2. The van der Waals surface area contributed by atoms with Crippen molar-refractivity contribution in [3.63, 3.8) is 0 Å². The Kier molecular flexibility index (Phi) is 8.16. The highest BCUT2D eigenvalue weighted by molar-refractivity contribution is 5.92. The number of halogens is 2. The number of nitrogens with one attached hydrogen (secondary N) is 1. The standard InChI is InChI=1S/C34H40F2N2O4/c1-19(2)41-32(39)31(42-33(5,6)7)29-21(4)38-20(3)28(23-8-9-25-18-37-14-12-22(25)16-23)30(29)24-10-11-27-26(17-24)34(35,36)13-15-40-27/h8-11,16-17,19,31,37H,12-15,18H2,1-7H3/t31-/m0/s1. The Labute approximate surface area is 246 Å². The van der Waals surface area contributed by atoms with Crippen LogP contribution in [-0.2, 0) is 33.2 Å². The van der Waals surface area contributed by atoms with E-state index in [0.29, 0.717) is 22.4 Å². The first kappa shape index (κ1) is 30.1. The zero-order chi connectivity index (χ0) is 30.4. The van der Waals surface area contributed by atoms with Crippen LogP contribution in [0.2, 0.25) is 0 Å². The predicted molar refractivity (Wildman–Crippen MR) is 159 cm³/mol. The van der Waals surface area contributed by atoms with Gasteiger partial charge in [0.15, 0.2) is 6.10 Å². The fourth-order valence-electron chi connectivity index (χ4n) is 5.86. The largest absolute Gasteiger partial charge is 0.493 e. The van der Waals surface area contributed by atoms with Gasteiger partial charge in [0.2, 0.25) is 0 Å². The highest BCUT2D eigenvalue weighted by Crippen LogP contribution is 2.47. The summed E-state index contributed by atoms with van der Waals surface area (Å²) in [5.41, 5.74) is 6.24. The molecule has 0 saturated carbocycles. The van der Waals surface area contributed by atoms with Crippen molar-refractivity contribution in [2.75, 3.05) is 13.2 Å². The second kappa shape index (κ2) is 11.4. The molecule has 0 radical (unpaired) electrons. The number of aryl methyl sites for hydroxylation is 2. The van der Waals surface area contributed by atoms with Gasteiger partial charge in [0.05, 0.1) is 30.3 Å². The molecule has 0 bridgehead atoms. The van der Waals surface area contributed by atoms with Crippen molar-refractivity contribution in [3.8, 4) is 28.0 Å². The van der Waals surface area contributed by atoms with Crippen LogP contribution >= 0.6 is 0 Å². The summed E-state index contributed by atoms with van der Waals surface area (Å²) in [6.45, 7) is 14.5. The van der Waals surface area contributed by atoms with Crippen molar-refractivity contribution in [1.82, 2.24) is 10.3 Å². The van der Waals surface area contributed by atoms with E-state index < -0.39 is 30.0 Å². The van der Waals surface area contributed by atoms with Crippen LogP contribution < -0.4 is 10.1 Å². The fourth-order valence-corrected chi connectivity index (χ4v) is 5.86. The molecule has 0 spiro atoms. The molecular formula is C34H40F2N2O4. The van der Waals surface area contributed by atoms with Crippen LogP contribution in [0.4, 0.5) is 8.78 Å². The first-order chi connectivity index (χ1) is 19.7. The van der Waals surface area contributed by atoms with Crippen molar-refractivity contribution < 1.29 is 27.8 Å². The van der Waals surface area contributed by atoms with Gasteiger partial charge in [0.25, 0.3) is 5.92 Å². The van der Waals surface area contributed by atoms with Crippen LogP contribution in [0.3, 0.4) is 0 Å². The molecule has 224 valence electrons. The molecule has 1 aromatic heterocycles. The van der Waals surface area contributed by atoms with Gasteiger partial charge in [0, 0.05) is 29.1 Å². The number of benzene rings is 2. The summed E-state index contributed by atoms with van der Waals surface area (Å²) < 4.78 is 48.1. The second-order valence-electron chi connectivity index (χ2n) is 12.5. The van der Waals surface area contributed by atoms with Crippen molar-refractivity contribution in [1.29, 1.82) is 0 Å². The lowest BCUT2D eigenvalue weighted by Crippen LogP contribution is -2.31. The number of fused-ring (bicyclic) bond motifs is 2. The minimum absolute atomic E-state index is 0.0458. The third-order valence-corrected chi connectivity index (χ3v) is 7.62. The van der Waals surface area contributed by atoms with Crippen LogP contribution in [0.1, 0.15) is 80.8 Å². The Morgan fingerprint density at radius 3 is 2.45 bits per heavy atom. The summed E-state index contributed by atoms with van der Waals surface area (Å²) in [5, 5.41) is 3.40. The average Bonchev–Trinajstić information content (AvgIpc) is 2.90. The number of rotatable bonds is 6. The third-order valence-electron chi connectivity index (χ3n) is 7.62. The number of hydrogen-bond donors (Lipinski definition) is 1. The van der Waals surface area contributed by atoms with E-state index in [4.69, 9.17) is 19.2 Å². The number of nitrogens with zero attached hydrogens (tertiary/aromatic N) is 1. The minimum Gasteiger partial charge on any atom is -0.493 e. The number of esters is 1. The molecule has 6 nitrogen and oxygen atoms in total. The molecule has 1 N–H and O–H groups in total. The molecule has 0 unspecified atom stereocenters. The van der Waals surface area contributed by atoms with Gasteiger partial charge < -0.3 is 19.5 Å². The second-order valence-corrected chi connectivity index (χ2v) is 12.5. The highest BCUT2D eigenvalue weighted by Gasteiger charge is 2.40. The van der Waals surface area contributed by atoms with E-state index in [1.54, 1.807) is 26.0 Å². The van der Waals surface area contributed by atoms with Gasteiger partial charge in [-0.3, -0.25) is 4.98 Å². The number of carbonyl (C=O) groups excluding carboxylic acids is 1. The van der Waals surface area contributed by atoms with E-state index in [9.17, 15) is 4.79 Å². The molecule has 3 aromatic rings. The number of hydrogen-bond acceptors (Lipinski definition) is 6. The Bertz CT molecular complexity index is 1510. The molecule has 42 heavy (non-hydrogen) atoms. The number of aromatic nitrogens is 1. The SMILES string of the molecule is Cc1nc(C)c([C@H](OC(C)(C)C)C(=O)OC(C)C)c(-c2ccc3c(c2)C(F)(F)CCO3)c1-c1ccc2c(c1)CCNC2. The molecule has 0 amide bonds. The summed E-state index contributed by atoms with van der Waals surface area (Å²) in [5.74, 6) is -3.43. The van der Waals surface area contributed by atoms with E-state index in [2.05, 4.69) is 17.4 Å². The van der Waals surface area contributed by atoms with Crippen molar-refractivity contribution >= 4 is 5.97 Å². The van der Waals surface area contributed by atoms with Crippen LogP contribution in [0.25, 0.3) is 22.3 Å². The predicted octanol–water partition coefficient (Wildman–Crippen LogP) is 7.36. The summed E-state index contributed by atoms with van der Waals surface area (Å²) in [6.07, 6.45) is -1.03. The maximum atomic E-state index is 15.2. The molecule has 1 atom stereocenters. The lowest BCUT2D eigenvalue weighted by Gasteiger charge is -2.31. The molecule has 0 fully saturated rings. The zero-order valence-electron chi connectivity index (χ0n) is 25.5. The number of ether oxygens (including phenoxy) is 3. The first-order valence-corrected chi connectivity index (χ1v) is 14.6. The van der Waals surface area contributed by atoms with Crippen LogP contribution in [-0.4, -0.2) is 35.8 Å². The highest BCUT2D eigenvalue weighted by atomic mass is 19.3. The van der Waals surface area contributed by atoms with E-state index in [-0.39, 0.29) is 24.0 Å². The summed E-state index contributed by atoms with van der Waals surface area (Å²) in [4.78, 5) is 18.6. The van der Waals surface area contributed by atoms with E-state index in [1.165, 1.54) is 17.2 Å². The van der Waals surface area contributed by atoms with Gasteiger partial charge in [-0.2, -0.15) is 0 Å². The Balaban J connectivity index is 1.83. The van der Waals surface area contributed by atoms with Gasteiger partial charge >= 0.3 is 5.97 Å². The number of alkyl halides is 2. The van der Waals surface area contributed by atoms with Crippen LogP contribution in [0.5, 0.6) is 5.75 Å². The molecule has 2 aliphatic rings. The Morgan fingerprint density at radius 1 is 1.02 bits per heavy atom. The van der Waals surface area contributed by atoms with Crippen molar-refractivity contribution in [2.45, 2.75) is 91.6 Å². The first-order valence-electron chi connectivity index (χ1n) is 14.6. The summed E-state index contributed by atoms with van der Waals surface area (Å²) in [7, 11) is 0. The van der Waals surface area contributed by atoms with Gasteiger partial charge in [-0.05, 0) is 101 Å². The lowest BCUT2D eigenvalue weighted by molar-refractivity contribution is -0.171. The lowest BCUT2D eigenvalue weighted by atomic mass is 9.84. The molecule has 2 aromatic carbocycles. The third kappa shape index (κ3) is 6.06. The number of pyridine rings is 1. The van der Waals surface area contributed by atoms with Crippen LogP contribution in [0.15, 0.2) is 36.4 Å². The maximum absolute atomic E-state index is 15.2. The van der Waals surface area contributed by atoms with E-state index in [0.717, 1.165) is 36.3 Å². The minimum atomic E-state index is -3.04. The summed E-state index contributed by atoms with van der Waals surface area (Å²) >= 11 is 0. The maximum Gasteiger partial charge on any atom is 0.340 e. The topological polar surface area (TPSA) is 69.7 Å². The molecule has 8 heteroatoms. The quantitative estimate of drug-likeness (QED) is 0.308. The molecule has 0 aliphatic carbocycles. The Morgan fingerprint density at radius 2 is 1.74 bits per heavy atom. The molecule has 2 aliphatic heterocycles. The van der Waals surface area contributed by atoms with Crippen LogP contribution in [0, 0.1) is 13.8 Å². The van der Waals surface area contributed by atoms with Gasteiger partial charge in [-0.15, -0.1) is 0 Å². The monoisotopic (exact) mass is 578 g/mol. The van der Waals surface area contributed by atoms with Crippen molar-refractivity contribution in [3.05, 3.63) is 70.0 Å². The number of carbonyl (C=O) groups is 1. The zero-order valence-corrected chi connectivity index (χ0v) is 25.5. The average molecular weight is 579 g/mol. The van der Waals surface area contributed by atoms with Gasteiger partial charge in [-0.1, -0.05) is 24.3 Å². The van der Waals surface area contributed by atoms with E-state index >= 15 is 8.78 Å². The fraction of sp³-hybridized carbons (Fsp3) is 0.471. The van der Waals surface area contributed by atoms with Crippen molar-refractivity contribution in [2.24, 2.45) is 0 Å². The normalized spacial score (nSPS) is 16.8. The molecule has 3 heterocycles. The smallest absolute Gasteiger partial charge is 0.340 e. The van der Waals surface area contributed by atoms with Gasteiger partial charge in [-0.25, -0.2) is 13.6 Å². The molecular weight excluding hydrogens is 538 g/mol.